The van der Waals surface area contributed by atoms with Crippen LogP contribution in [0.1, 0.15) is 11.3 Å². The maximum absolute atomic E-state index is 11.9. The highest BCUT2D eigenvalue weighted by Gasteiger charge is 2.13. The van der Waals surface area contributed by atoms with E-state index in [9.17, 15) is 9.59 Å². The summed E-state index contributed by atoms with van der Waals surface area (Å²) in [7, 11) is 0. The summed E-state index contributed by atoms with van der Waals surface area (Å²) >= 11 is 13.4. The first-order valence-electron chi connectivity index (χ1n) is 6.59. The van der Waals surface area contributed by atoms with Crippen molar-refractivity contribution >= 4 is 45.5 Å². The molecule has 0 aliphatic carbocycles. The molecule has 0 unspecified atom stereocenters. The van der Waals surface area contributed by atoms with E-state index in [1.165, 1.54) is 21.8 Å². The molecule has 3 rings (SSSR count). The number of thiazole rings is 1. The molecule has 23 heavy (non-hydrogen) atoms. The van der Waals surface area contributed by atoms with Crippen molar-refractivity contribution in [1.82, 2.24) is 9.38 Å². The summed E-state index contributed by atoms with van der Waals surface area (Å²) in [6, 6.07) is 6.36. The van der Waals surface area contributed by atoms with Crippen LogP contribution in [0.2, 0.25) is 10.0 Å². The minimum atomic E-state index is -0.492. The Balaban J connectivity index is 1.69. The first-order valence-corrected chi connectivity index (χ1v) is 8.22. The first kappa shape index (κ1) is 16.0. The molecule has 118 valence electrons. The molecule has 1 aromatic carbocycles. The lowest BCUT2D eigenvalue weighted by molar-refractivity contribution is -0.144. The predicted octanol–water partition coefficient (Wildman–Crippen LogP) is 3.35. The quantitative estimate of drug-likeness (QED) is 0.662. The van der Waals surface area contributed by atoms with E-state index in [0.717, 1.165) is 0 Å². The number of hydrogen-bond acceptors (Lipinski definition) is 5. The minimum Gasteiger partial charge on any atom is -0.459 e. The number of hydrogen-bond donors (Lipinski definition) is 0. The molecule has 0 aliphatic heterocycles. The van der Waals surface area contributed by atoms with Crippen molar-refractivity contribution in [2.24, 2.45) is 0 Å². The number of esters is 1. The van der Waals surface area contributed by atoms with E-state index in [1.807, 2.05) is 0 Å². The Bertz CT molecular complexity index is 916. The van der Waals surface area contributed by atoms with Gasteiger partial charge >= 0.3 is 5.97 Å². The number of rotatable bonds is 4. The molecule has 2 aromatic heterocycles. The zero-order chi connectivity index (χ0) is 16.4. The number of halogens is 2. The fraction of sp³-hybridized carbons (Fsp3) is 0.133. The van der Waals surface area contributed by atoms with E-state index in [1.54, 1.807) is 29.8 Å². The molecule has 5 nitrogen and oxygen atoms in total. The largest absolute Gasteiger partial charge is 0.459 e. The predicted molar refractivity (Wildman–Crippen MR) is 89.3 cm³/mol. The Kier molecular flexibility index (Phi) is 4.66. The van der Waals surface area contributed by atoms with Crippen LogP contribution in [-0.2, 0) is 22.6 Å². The topological polar surface area (TPSA) is 60.7 Å². The summed E-state index contributed by atoms with van der Waals surface area (Å²) in [5, 5.41) is 2.58. The van der Waals surface area contributed by atoms with Gasteiger partial charge in [0.15, 0.2) is 4.96 Å². The van der Waals surface area contributed by atoms with Gasteiger partial charge in [-0.3, -0.25) is 14.0 Å². The summed E-state index contributed by atoms with van der Waals surface area (Å²) in [5.74, 6) is -0.492. The summed E-state index contributed by atoms with van der Waals surface area (Å²) in [4.78, 5) is 28.6. The van der Waals surface area contributed by atoms with Gasteiger partial charge in [0, 0.05) is 33.3 Å². The molecule has 0 spiro atoms. The second kappa shape index (κ2) is 6.70. The van der Waals surface area contributed by atoms with Crippen LogP contribution in [0.25, 0.3) is 4.96 Å². The minimum absolute atomic E-state index is 0.0429. The second-order valence-corrected chi connectivity index (χ2v) is 6.37. The monoisotopic (exact) mass is 368 g/mol. The van der Waals surface area contributed by atoms with Crippen LogP contribution in [-0.4, -0.2) is 15.4 Å². The molecule has 2 heterocycles. The molecule has 0 N–H and O–H groups in total. The fourth-order valence-electron chi connectivity index (χ4n) is 2.01. The third-order valence-corrected chi connectivity index (χ3v) is 4.58. The normalized spacial score (nSPS) is 10.9. The summed E-state index contributed by atoms with van der Waals surface area (Å²) in [6.07, 6.45) is 1.60. The zero-order valence-electron chi connectivity index (χ0n) is 11.7. The van der Waals surface area contributed by atoms with Gasteiger partial charge in [0.1, 0.15) is 6.61 Å². The SMILES string of the molecule is O=C(Cc1c(Cl)cccc1Cl)OCc1cc(=O)n2ccsc2n1. The lowest BCUT2D eigenvalue weighted by atomic mass is 10.1. The number of aromatic nitrogens is 2. The van der Waals surface area contributed by atoms with E-state index in [-0.39, 0.29) is 18.6 Å². The van der Waals surface area contributed by atoms with Crippen LogP contribution < -0.4 is 5.56 Å². The maximum atomic E-state index is 11.9. The van der Waals surface area contributed by atoms with Gasteiger partial charge in [0.2, 0.25) is 0 Å². The molecule has 8 heteroatoms. The van der Waals surface area contributed by atoms with Gasteiger partial charge in [-0.2, -0.15) is 0 Å². The molecule has 0 amide bonds. The van der Waals surface area contributed by atoms with Crippen molar-refractivity contribution < 1.29 is 9.53 Å². The van der Waals surface area contributed by atoms with Gasteiger partial charge in [0.25, 0.3) is 5.56 Å². The van der Waals surface area contributed by atoms with Gasteiger partial charge in [-0.15, -0.1) is 11.3 Å². The maximum Gasteiger partial charge on any atom is 0.310 e. The molecule has 0 saturated heterocycles. The third kappa shape index (κ3) is 3.55. The van der Waals surface area contributed by atoms with E-state index in [4.69, 9.17) is 27.9 Å². The standard InChI is InChI=1S/C15H10Cl2N2O3S/c16-11-2-1-3-12(17)10(11)7-14(21)22-8-9-6-13(20)19-4-5-23-15(19)18-9/h1-6H,7-8H2. The van der Waals surface area contributed by atoms with Gasteiger partial charge in [-0.1, -0.05) is 29.3 Å². The number of fused-ring (bicyclic) bond motifs is 1. The molecule has 0 fully saturated rings. The number of benzene rings is 1. The zero-order valence-corrected chi connectivity index (χ0v) is 14.0. The van der Waals surface area contributed by atoms with Gasteiger partial charge < -0.3 is 4.74 Å². The summed E-state index contributed by atoms with van der Waals surface area (Å²) < 4.78 is 6.59. The lowest BCUT2D eigenvalue weighted by Gasteiger charge is -2.07. The van der Waals surface area contributed by atoms with Gasteiger partial charge in [-0.25, -0.2) is 4.98 Å². The summed E-state index contributed by atoms with van der Waals surface area (Å²) in [5.41, 5.74) is 0.704. The molecule has 3 aromatic rings. The van der Waals surface area contributed by atoms with E-state index < -0.39 is 5.97 Å². The Hall–Kier alpha value is -1.89. The molecule has 0 atom stereocenters. The number of carbonyl (C=O) groups excluding carboxylic acids is 1. The Morgan fingerprint density at radius 1 is 1.30 bits per heavy atom. The molecular weight excluding hydrogens is 359 g/mol. The van der Waals surface area contributed by atoms with Crippen LogP contribution >= 0.6 is 34.5 Å². The Labute approximate surface area is 145 Å². The van der Waals surface area contributed by atoms with Crippen LogP contribution in [0.5, 0.6) is 0 Å². The van der Waals surface area contributed by atoms with Crippen molar-refractivity contribution in [3.8, 4) is 0 Å². The Morgan fingerprint density at radius 3 is 2.78 bits per heavy atom. The average molecular weight is 369 g/mol. The molecule has 0 bridgehead atoms. The van der Waals surface area contributed by atoms with Crippen molar-refractivity contribution in [2.75, 3.05) is 0 Å². The van der Waals surface area contributed by atoms with Crippen LogP contribution in [0.15, 0.2) is 40.6 Å². The van der Waals surface area contributed by atoms with E-state index in [0.29, 0.717) is 26.3 Å². The van der Waals surface area contributed by atoms with Crippen LogP contribution in [0, 0.1) is 0 Å². The third-order valence-electron chi connectivity index (χ3n) is 3.12. The number of ether oxygens (including phenoxy) is 1. The van der Waals surface area contributed by atoms with Gasteiger partial charge in [-0.05, 0) is 12.1 Å². The van der Waals surface area contributed by atoms with Crippen molar-refractivity contribution in [3.05, 3.63) is 67.5 Å². The Morgan fingerprint density at radius 2 is 2.04 bits per heavy atom. The number of carbonyl (C=O) groups is 1. The summed E-state index contributed by atoms with van der Waals surface area (Å²) in [6.45, 7) is -0.0788. The smallest absolute Gasteiger partial charge is 0.310 e. The van der Waals surface area contributed by atoms with E-state index in [2.05, 4.69) is 4.98 Å². The first-order chi connectivity index (χ1) is 11.0. The van der Waals surface area contributed by atoms with Crippen molar-refractivity contribution in [2.45, 2.75) is 13.0 Å². The highest BCUT2D eigenvalue weighted by atomic mass is 35.5. The van der Waals surface area contributed by atoms with Crippen molar-refractivity contribution in [1.29, 1.82) is 0 Å². The highest BCUT2D eigenvalue weighted by Crippen LogP contribution is 2.25. The average Bonchev–Trinajstić information content (AvgIpc) is 2.98. The second-order valence-electron chi connectivity index (χ2n) is 4.68. The van der Waals surface area contributed by atoms with Crippen LogP contribution in [0.3, 0.4) is 0 Å². The molecule has 0 saturated carbocycles. The highest BCUT2D eigenvalue weighted by molar-refractivity contribution is 7.15. The molecule has 0 aliphatic rings. The van der Waals surface area contributed by atoms with Gasteiger partial charge in [0.05, 0.1) is 12.1 Å². The fourth-order valence-corrected chi connectivity index (χ4v) is 3.28. The number of nitrogens with zero attached hydrogens (tertiary/aromatic N) is 2. The molecular formula is C15H10Cl2N2O3S. The lowest BCUT2D eigenvalue weighted by Crippen LogP contribution is -2.15. The van der Waals surface area contributed by atoms with E-state index >= 15 is 0 Å². The van der Waals surface area contributed by atoms with Crippen molar-refractivity contribution in [3.63, 3.8) is 0 Å². The van der Waals surface area contributed by atoms with Crippen LogP contribution in [0.4, 0.5) is 0 Å². The molecule has 0 radical (unpaired) electrons.